The molecule has 8 nitrogen and oxygen atoms in total. The summed E-state index contributed by atoms with van der Waals surface area (Å²) >= 11 is 1.33. The molecule has 0 aliphatic carbocycles. The first-order valence-corrected chi connectivity index (χ1v) is 12.1. The van der Waals surface area contributed by atoms with Crippen molar-refractivity contribution in [1.29, 1.82) is 0 Å². The molecule has 176 valence electrons. The number of halogens is 1. The molecule has 3 aromatic rings. The molecule has 0 saturated carbocycles. The highest BCUT2D eigenvalue weighted by molar-refractivity contribution is 7.99. The Bertz CT molecular complexity index is 1210. The molecule has 0 spiro atoms. The highest BCUT2D eigenvalue weighted by Gasteiger charge is 2.21. The lowest BCUT2D eigenvalue weighted by Gasteiger charge is -2.27. The smallest absolute Gasteiger partial charge is 0.228 e. The molecule has 0 atom stereocenters. The number of nitrogens with one attached hydrogen (secondary N) is 1. The number of benzene rings is 2. The SMILES string of the molecule is O=C1Cc2cc(C(=O)CSc3nnc(-c4ccc(F)cc4)n3CCN3CCOCC3)ccc2N1. The van der Waals surface area contributed by atoms with Crippen LogP contribution in [0, 0.1) is 5.82 Å². The topological polar surface area (TPSA) is 89.3 Å². The maximum atomic E-state index is 13.4. The molecule has 1 fully saturated rings. The van der Waals surface area contributed by atoms with Crippen LogP contribution in [-0.4, -0.2) is 70.0 Å². The van der Waals surface area contributed by atoms with Crippen molar-refractivity contribution in [2.45, 2.75) is 18.1 Å². The minimum atomic E-state index is -0.311. The number of nitrogens with zero attached hydrogens (tertiary/aromatic N) is 4. The first kappa shape index (κ1) is 22.7. The molecule has 2 aliphatic rings. The number of anilines is 1. The Labute approximate surface area is 200 Å². The molecule has 5 rings (SSSR count). The van der Waals surface area contributed by atoms with Crippen molar-refractivity contribution >= 4 is 29.1 Å². The van der Waals surface area contributed by atoms with Gasteiger partial charge in [0.25, 0.3) is 0 Å². The van der Waals surface area contributed by atoms with Gasteiger partial charge in [0.2, 0.25) is 5.91 Å². The van der Waals surface area contributed by atoms with Gasteiger partial charge in [-0.3, -0.25) is 14.5 Å². The molecule has 10 heteroatoms. The normalized spacial score (nSPS) is 15.9. The number of carbonyl (C=O) groups excluding carboxylic acids is 2. The number of hydrogen-bond acceptors (Lipinski definition) is 7. The number of rotatable bonds is 8. The number of carbonyl (C=O) groups is 2. The number of ketones is 1. The van der Waals surface area contributed by atoms with E-state index >= 15 is 0 Å². The summed E-state index contributed by atoms with van der Waals surface area (Å²) in [6, 6.07) is 11.5. The number of aromatic nitrogens is 3. The van der Waals surface area contributed by atoms with Gasteiger partial charge >= 0.3 is 0 Å². The fraction of sp³-hybridized carbons (Fsp3) is 0.333. The van der Waals surface area contributed by atoms with E-state index in [1.807, 2.05) is 4.57 Å². The van der Waals surface area contributed by atoms with Crippen LogP contribution in [0.1, 0.15) is 15.9 Å². The second-order valence-corrected chi connectivity index (χ2v) is 9.17. The van der Waals surface area contributed by atoms with E-state index in [0.717, 1.165) is 36.4 Å². The van der Waals surface area contributed by atoms with E-state index in [1.54, 1.807) is 30.3 Å². The van der Waals surface area contributed by atoms with Crippen LogP contribution in [0.15, 0.2) is 47.6 Å². The van der Waals surface area contributed by atoms with Crippen LogP contribution >= 0.6 is 11.8 Å². The Morgan fingerprint density at radius 2 is 1.88 bits per heavy atom. The van der Waals surface area contributed by atoms with E-state index in [-0.39, 0.29) is 23.3 Å². The van der Waals surface area contributed by atoms with Crippen LogP contribution in [0.25, 0.3) is 11.4 Å². The maximum absolute atomic E-state index is 13.4. The summed E-state index contributed by atoms with van der Waals surface area (Å²) in [7, 11) is 0. The molecular weight excluding hydrogens is 457 g/mol. The average molecular weight is 482 g/mol. The standard InChI is InChI=1S/C24H24FN5O3S/c25-19-4-1-16(2-5-19)23-27-28-24(30(23)8-7-29-9-11-33-12-10-29)34-15-21(31)17-3-6-20-18(13-17)14-22(32)26-20/h1-6,13H,7-12,14-15H2,(H,26,32). The Kier molecular flexibility index (Phi) is 6.70. The number of fused-ring (bicyclic) bond motifs is 1. The van der Waals surface area contributed by atoms with Crippen molar-refractivity contribution in [3.8, 4) is 11.4 Å². The predicted molar refractivity (Wildman–Crippen MR) is 127 cm³/mol. The second-order valence-electron chi connectivity index (χ2n) is 8.23. The van der Waals surface area contributed by atoms with Gasteiger partial charge < -0.3 is 14.6 Å². The summed E-state index contributed by atoms with van der Waals surface area (Å²) in [5.74, 6) is 0.424. The molecule has 0 unspecified atom stereocenters. The van der Waals surface area contributed by atoms with Crippen molar-refractivity contribution in [3.05, 3.63) is 59.4 Å². The van der Waals surface area contributed by atoms with Gasteiger partial charge in [-0.2, -0.15) is 0 Å². The molecule has 34 heavy (non-hydrogen) atoms. The average Bonchev–Trinajstić information content (AvgIpc) is 3.43. The zero-order chi connectivity index (χ0) is 23.5. The summed E-state index contributed by atoms with van der Waals surface area (Å²) in [6.07, 6.45) is 0.292. The summed E-state index contributed by atoms with van der Waals surface area (Å²) in [6.45, 7) is 4.59. The van der Waals surface area contributed by atoms with Crippen molar-refractivity contribution in [2.24, 2.45) is 0 Å². The Morgan fingerprint density at radius 1 is 1.09 bits per heavy atom. The molecule has 1 amide bonds. The molecular formula is C24H24FN5O3S. The first-order chi connectivity index (χ1) is 16.6. The lowest BCUT2D eigenvalue weighted by molar-refractivity contribution is -0.115. The van der Waals surface area contributed by atoms with Crippen molar-refractivity contribution in [3.63, 3.8) is 0 Å². The molecule has 3 heterocycles. The van der Waals surface area contributed by atoms with Gasteiger partial charge in [-0.05, 0) is 48.0 Å². The van der Waals surface area contributed by atoms with Gasteiger partial charge in [0.1, 0.15) is 5.82 Å². The van der Waals surface area contributed by atoms with E-state index in [4.69, 9.17) is 4.74 Å². The Balaban J connectivity index is 1.33. The Hall–Kier alpha value is -3.08. The first-order valence-electron chi connectivity index (χ1n) is 11.1. The van der Waals surface area contributed by atoms with Gasteiger partial charge in [-0.15, -0.1) is 10.2 Å². The summed E-state index contributed by atoms with van der Waals surface area (Å²) in [5, 5.41) is 12.1. The summed E-state index contributed by atoms with van der Waals surface area (Å²) < 4.78 is 20.9. The van der Waals surface area contributed by atoms with Gasteiger partial charge in [0.15, 0.2) is 16.8 Å². The minimum Gasteiger partial charge on any atom is -0.379 e. The lowest BCUT2D eigenvalue weighted by Crippen LogP contribution is -2.38. The summed E-state index contributed by atoms with van der Waals surface area (Å²) in [4.78, 5) is 26.8. The van der Waals surface area contributed by atoms with Crippen LogP contribution in [0.2, 0.25) is 0 Å². The zero-order valence-electron chi connectivity index (χ0n) is 18.5. The third-order valence-corrected chi connectivity index (χ3v) is 6.91. The molecule has 0 radical (unpaired) electrons. The third-order valence-electron chi connectivity index (χ3n) is 5.95. The van der Waals surface area contributed by atoms with Crippen LogP contribution in [-0.2, 0) is 22.5 Å². The zero-order valence-corrected chi connectivity index (χ0v) is 19.3. The number of Topliss-reactive ketones (excluding diaryl/α,β-unsaturated/α-hetero) is 1. The van der Waals surface area contributed by atoms with Crippen molar-refractivity contribution in [1.82, 2.24) is 19.7 Å². The van der Waals surface area contributed by atoms with E-state index < -0.39 is 0 Å². The predicted octanol–water partition coefficient (Wildman–Crippen LogP) is 2.89. The fourth-order valence-electron chi connectivity index (χ4n) is 4.09. The third kappa shape index (κ3) is 5.03. The van der Waals surface area contributed by atoms with Gasteiger partial charge in [0.05, 0.1) is 25.4 Å². The van der Waals surface area contributed by atoms with Crippen LogP contribution in [0.4, 0.5) is 10.1 Å². The van der Waals surface area contributed by atoms with Crippen LogP contribution in [0.5, 0.6) is 0 Å². The number of thioether (sulfide) groups is 1. The van der Waals surface area contributed by atoms with Gasteiger partial charge in [-0.25, -0.2) is 4.39 Å². The van der Waals surface area contributed by atoms with E-state index in [9.17, 15) is 14.0 Å². The summed E-state index contributed by atoms with van der Waals surface area (Å²) in [5.41, 5.74) is 2.94. The van der Waals surface area contributed by atoms with E-state index in [1.165, 1.54) is 23.9 Å². The highest BCUT2D eigenvalue weighted by Crippen LogP contribution is 2.27. The maximum Gasteiger partial charge on any atom is 0.228 e. The monoisotopic (exact) mass is 481 g/mol. The molecule has 2 aromatic carbocycles. The molecule has 1 aromatic heterocycles. The number of morpholine rings is 1. The fourth-order valence-corrected chi connectivity index (χ4v) is 4.95. The molecule has 2 aliphatic heterocycles. The lowest BCUT2D eigenvalue weighted by atomic mass is 10.1. The Morgan fingerprint density at radius 3 is 2.68 bits per heavy atom. The minimum absolute atomic E-state index is 0.0433. The quantitative estimate of drug-likeness (QED) is 0.391. The number of hydrogen-bond donors (Lipinski definition) is 1. The van der Waals surface area contributed by atoms with Gasteiger partial charge in [0, 0.05) is 43.0 Å². The van der Waals surface area contributed by atoms with Crippen molar-refractivity contribution in [2.75, 3.05) is 43.9 Å². The highest BCUT2D eigenvalue weighted by atomic mass is 32.2. The number of amides is 1. The van der Waals surface area contributed by atoms with Gasteiger partial charge in [-0.1, -0.05) is 11.8 Å². The van der Waals surface area contributed by atoms with Crippen molar-refractivity contribution < 1.29 is 18.7 Å². The second kappa shape index (κ2) is 10.0. The van der Waals surface area contributed by atoms with E-state index in [0.29, 0.717) is 42.7 Å². The largest absolute Gasteiger partial charge is 0.379 e. The molecule has 0 bridgehead atoms. The number of ether oxygens (including phenoxy) is 1. The van der Waals surface area contributed by atoms with E-state index in [2.05, 4.69) is 20.4 Å². The molecule has 1 N–H and O–H groups in total. The van der Waals surface area contributed by atoms with Crippen LogP contribution < -0.4 is 5.32 Å². The molecule has 1 saturated heterocycles. The van der Waals surface area contributed by atoms with Crippen LogP contribution in [0.3, 0.4) is 0 Å².